The highest BCUT2D eigenvalue weighted by Crippen LogP contribution is 2.38. The van der Waals surface area contributed by atoms with Gasteiger partial charge in [0.05, 0.1) is 37.0 Å². The third kappa shape index (κ3) is 11.6. The number of halogens is 3. The van der Waals surface area contributed by atoms with E-state index in [2.05, 4.69) is 31.4 Å². The lowest BCUT2D eigenvalue weighted by molar-refractivity contribution is -0.137. The highest BCUT2D eigenvalue weighted by molar-refractivity contribution is 7.92. The number of rotatable bonds is 18. The summed E-state index contributed by atoms with van der Waals surface area (Å²) in [7, 11) is -1.08. The number of hydrogen-bond donors (Lipinski definition) is 4. The largest absolute Gasteiger partial charge is 0.495 e. The summed E-state index contributed by atoms with van der Waals surface area (Å²) in [5, 5.41) is 8.27. The summed E-state index contributed by atoms with van der Waals surface area (Å²) in [5.74, 6) is -1.19. The minimum Gasteiger partial charge on any atom is -0.495 e. The van der Waals surface area contributed by atoms with E-state index in [1.54, 1.807) is 6.07 Å². The first-order valence-electron chi connectivity index (χ1n) is 16.2. The fourth-order valence-electron chi connectivity index (χ4n) is 4.85. The molecule has 1 aromatic heterocycles. The number of aromatic nitrogens is 2. The highest BCUT2D eigenvalue weighted by atomic mass is 32.2. The fourth-order valence-corrected chi connectivity index (χ4v) is 5.37. The molecule has 0 aliphatic carbocycles. The maximum atomic E-state index is 14.0. The Morgan fingerprint density at radius 1 is 0.904 bits per heavy atom. The molecule has 4 aromatic rings. The Hall–Kier alpha value is -5.42. The van der Waals surface area contributed by atoms with Crippen LogP contribution in [-0.2, 0) is 32.4 Å². The van der Waals surface area contributed by atoms with E-state index in [1.807, 2.05) is 30.3 Å². The molecule has 0 atom stereocenters. The Bertz CT molecular complexity index is 1930. The minimum absolute atomic E-state index is 0.0613. The number of alkyl halides is 3. The second-order valence-corrected chi connectivity index (χ2v) is 13.6. The Morgan fingerprint density at radius 2 is 1.62 bits per heavy atom. The van der Waals surface area contributed by atoms with Gasteiger partial charge in [0.2, 0.25) is 21.9 Å². The molecular weight excluding hydrogens is 703 g/mol. The molecule has 0 bridgehead atoms. The number of para-hydroxylation sites is 2. The van der Waals surface area contributed by atoms with Crippen LogP contribution in [0.5, 0.6) is 5.75 Å². The first-order chi connectivity index (χ1) is 24.8. The number of carbonyl (C=O) groups is 2. The number of amides is 2. The Morgan fingerprint density at radius 3 is 2.33 bits per heavy atom. The van der Waals surface area contributed by atoms with E-state index in [9.17, 15) is 31.2 Å². The predicted molar refractivity (Wildman–Crippen MR) is 191 cm³/mol. The van der Waals surface area contributed by atoms with Crippen molar-refractivity contribution in [2.75, 3.05) is 41.9 Å². The Labute approximate surface area is 300 Å². The van der Waals surface area contributed by atoms with E-state index in [4.69, 9.17) is 9.57 Å². The predicted octanol–water partition coefficient (Wildman–Crippen LogP) is 6.32. The van der Waals surface area contributed by atoms with Crippen LogP contribution in [0.4, 0.5) is 42.0 Å². The van der Waals surface area contributed by atoms with Crippen LogP contribution < -0.4 is 30.5 Å². The van der Waals surface area contributed by atoms with Gasteiger partial charge in [0.25, 0.3) is 5.91 Å². The van der Waals surface area contributed by atoms with Crippen molar-refractivity contribution in [2.24, 2.45) is 0 Å². The number of methoxy groups -OCH3 is 1. The third-order valence-electron chi connectivity index (χ3n) is 7.68. The maximum Gasteiger partial charge on any atom is 0.421 e. The zero-order chi connectivity index (χ0) is 37.7. The topological polar surface area (TPSA) is 164 Å². The van der Waals surface area contributed by atoms with E-state index >= 15 is 0 Å². The number of unbranched alkanes of at least 4 members (excludes halogenated alkanes) is 3. The smallest absolute Gasteiger partial charge is 0.421 e. The zero-order valence-corrected chi connectivity index (χ0v) is 29.6. The van der Waals surface area contributed by atoms with Crippen LogP contribution in [0.25, 0.3) is 0 Å². The van der Waals surface area contributed by atoms with Crippen LogP contribution in [-0.4, -0.2) is 57.2 Å². The van der Waals surface area contributed by atoms with Crippen molar-refractivity contribution in [3.8, 4) is 5.75 Å². The number of benzene rings is 3. The van der Waals surface area contributed by atoms with Crippen LogP contribution >= 0.6 is 0 Å². The lowest BCUT2D eigenvalue weighted by Gasteiger charge is -2.22. The normalized spacial score (nSPS) is 11.4. The molecule has 3 aromatic carbocycles. The molecule has 2 amide bonds. The van der Waals surface area contributed by atoms with Gasteiger partial charge in [0.15, 0.2) is 0 Å². The number of hydrogen-bond acceptors (Lipinski definition) is 10. The number of carbonyl (C=O) groups excluding carboxylic acids is 2. The van der Waals surface area contributed by atoms with Gasteiger partial charge in [-0.05, 0) is 48.7 Å². The number of nitrogens with one attached hydrogen (secondary N) is 4. The molecule has 4 N–H and O–H groups in total. The number of nitrogens with zero attached hydrogens (tertiary/aromatic N) is 3. The number of sulfonamides is 1. The van der Waals surface area contributed by atoms with Crippen LogP contribution in [0.1, 0.15) is 53.6 Å². The molecule has 0 fully saturated rings. The Balaban J connectivity index is 1.31. The van der Waals surface area contributed by atoms with Crippen molar-refractivity contribution in [1.82, 2.24) is 20.8 Å². The molecule has 0 aliphatic heterocycles. The second kappa shape index (κ2) is 18.2. The monoisotopic (exact) mass is 743 g/mol. The van der Waals surface area contributed by atoms with Gasteiger partial charge in [-0.3, -0.25) is 18.7 Å². The lowest BCUT2D eigenvalue weighted by atomic mass is 10.1. The van der Waals surface area contributed by atoms with Gasteiger partial charge in [-0.1, -0.05) is 55.3 Å². The molecule has 0 saturated carbocycles. The molecule has 0 saturated heterocycles. The van der Waals surface area contributed by atoms with Crippen LogP contribution in [0.3, 0.4) is 0 Å². The summed E-state index contributed by atoms with van der Waals surface area (Å²) >= 11 is 0. The number of ether oxygens (including phenoxy) is 1. The van der Waals surface area contributed by atoms with E-state index in [1.165, 1.54) is 50.6 Å². The molecule has 52 heavy (non-hydrogen) atoms. The second-order valence-electron chi connectivity index (χ2n) is 11.6. The van der Waals surface area contributed by atoms with E-state index < -0.39 is 27.6 Å². The Kier molecular flexibility index (Phi) is 13.8. The SMILES string of the molecule is COc1cc(C(=O)NCCCCCCC(=O)NOCc2ccccc2)ccc1Nc1ncc(C(F)(F)F)c(Nc2ccccc2N(C)S(C)(=O)=O)n1. The molecule has 1 heterocycles. The molecule has 0 aliphatic rings. The van der Waals surface area contributed by atoms with Gasteiger partial charge in [0, 0.05) is 31.8 Å². The van der Waals surface area contributed by atoms with Gasteiger partial charge < -0.3 is 20.7 Å². The van der Waals surface area contributed by atoms with Crippen molar-refractivity contribution < 1.29 is 40.8 Å². The summed E-state index contributed by atoms with van der Waals surface area (Å²) in [5.41, 5.74) is 2.95. The van der Waals surface area contributed by atoms with Gasteiger partial charge >= 0.3 is 6.18 Å². The molecule has 17 heteroatoms. The van der Waals surface area contributed by atoms with E-state index in [0.717, 1.165) is 29.0 Å². The molecule has 4 rings (SSSR count). The summed E-state index contributed by atoms with van der Waals surface area (Å²) in [6.45, 7) is 0.696. The average Bonchev–Trinajstić information content (AvgIpc) is 3.11. The van der Waals surface area contributed by atoms with Gasteiger partial charge in [0.1, 0.15) is 17.1 Å². The van der Waals surface area contributed by atoms with Gasteiger partial charge in [-0.2, -0.15) is 18.2 Å². The minimum atomic E-state index is -4.83. The number of anilines is 5. The number of hydroxylamine groups is 1. The van der Waals surface area contributed by atoms with Crippen molar-refractivity contribution in [3.63, 3.8) is 0 Å². The molecule has 0 spiro atoms. The molecule has 0 unspecified atom stereocenters. The lowest BCUT2D eigenvalue weighted by Crippen LogP contribution is -2.25. The first kappa shape index (κ1) is 39.4. The molecule has 13 nitrogen and oxygen atoms in total. The summed E-state index contributed by atoms with van der Waals surface area (Å²) in [6.07, 6.45) is 0.0365. The van der Waals surface area contributed by atoms with E-state index in [0.29, 0.717) is 32.0 Å². The van der Waals surface area contributed by atoms with Crippen molar-refractivity contribution in [2.45, 2.75) is 44.9 Å². The van der Waals surface area contributed by atoms with Crippen LogP contribution in [0, 0.1) is 0 Å². The fraction of sp³-hybridized carbons (Fsp3) is 0.314. The van der Waals surface area contributed by atoms with Gasteiger partial charge in [-0.15, -0.1) is 0 Å². The maximum absolute atomic E-state index is 14.0. The van der Waals surface area contributed by atoms with Crippen LogP contribution in [0.2, 0.25) is 0 Å². The van der Waals surface area contributed by atoms with Crippen LogP contribution in [0.15, 0.2) is 79.0 Å². The zero-order valence-electron chi connectivity index (χ0n) is 28.8. The standard InChI is InChI=1S/C35H40F3N7O6S/c1-45(52(3,48)49)29-16-11-10-15-27(29)41-32-26(35(36,37)38)22-40-34(43-32)42-28-19-18-25(21-30(28)50-2)33(47)39-20-12-5-4-9-17-31(46)44-51-23-24-13-7-6-8-14-24/h6-8,10-11,13-16,18-19,21-22H,4-5,9,12,17,20,23H2,1-3H3,(H,39,47)(H,44,46)(H2,40,41,42,43). The summed E-state index contributed by atoms with van der Waals surface area (Å²) < 4.78 is 72.5. The first-order valence-corrected chi connectivity index (χ1v) is 18.0. The average molecular weight is 744 g/mol. The molecule has 0 radical (unpaired) electrons. The summed E-state index contributed by atoms with van der Waals surface area (Å²) in [6, 6.07) is 19.9. The molecule has 278 valence electrons. The van der Waals surface area contributed by atoms with E-state index in [-0.39, 0.29) is 52.7 Å². The quantitative estimate of drug-likeness (QED) is 0.0671. The molecular formula is C35H40F3N7O6S. The van der Waals surface area contributed by atoms with Crippen molar-refractivity contribution in [3.05, 3.63) is 95.7 Å². The summed E-state index contributed by atoms with van der Waals surface area (Å²) in [4.78, 5) is 37.9. The van der Waals surface area contributed by atoms with Gasteiger partial charge in [-0.25, -0.2) is 18.9 Å². The highest BCUT2D eigenvalue weighted by Gasteiger charge is 2.36. The third-order valence-corrected chi connectivity index (χ3v) is 8.87. The van der Waals surface area contributed by atoms with Crippen molar-refractivity contribution >= 4 is 50.7 Å². The van der Waals surface area contributed by atoms with Crippen molar-refractivity contribution in [1.29, 1.82) is 0 Å².